The average Bonchev–Trinajstić information content (AvgIpc) is 2.10. The van der Waals surface area contributed by atoms with Crippen LogP contribution in [0.25, 0.3) is 0 Å². The van der Waals surface area contributed by atoms with Crippen LogP contribution < -0.4 is 0 Å². The first-order chi connectivity index (χ1) is 5.84. The second-order valence-electron chi connectivity index (χ2n) is 5.99. The topological polar surface area (TPSA) is 0 Å². The van der Waals surface area contributed by atoms with E-state index in [0.29, 0.717) is 10.8 Å². The van der Waals surface area contributed by atoms with Crippen LogP contribution in [0.15, 0.2) is 0 Å². The molecule has 0 heteroatoms. The first kappa shape index (κ1) is 11.1. The molecule has 78 valence electrons. The summed E-state index contributed by atoms with van der Waals surface area (Å²) >= 11 is 0. The zero-order valence-corrected chi connectivity index (χ0v) is 10.3. The molecule has 0 spiro atoms. The quantitative estimate of drug-likeness (QED) is 0.560. The molecule has 1 aliphatic carbocycles. The molecule has 0 bridgehead atoms. The van der Waals surface area contributed by atoms with E-state index < -0.39 is 0 Å². The van der Waals surface area contributed by atoms with Gasteiger partial charge in [0.05, 0.1) is 0 Å². The third-order valence-corrected chi connectivity index (χ3v) is 5.39. The third kappa shape index (κ3) is 1.65. The molecule has 0 amide bonds. The Balaban J connectivity index is 2.88. The van der Waals surface area contributed by atoms with Crippen molar-refractivity contribution in [1.29, 1.82) is 0 Å². The van der Waals surface area contributed by atoms with E-state index >= 15 is 0 Å². The lowest BCUT2D eigenvalue weighted by molar-refractivity contribution is -0.0297. The maximum atomic E-state index is 2.48. The summed E-state index contributed by atoms with van der Waals surface area (Å²) in [5, 5.41) is 0. The second-order valence-corrected chi connectivity index (χ2v) is 5.99. The summed E-state index contributed by atoms with van der Waals surface area (Å²) in [6, 6.07) is 0. The normalized spacial score (nSPS) is 44.8. The van der Waals surface area contributed by atoms with Crippen molar-refractivity contribution in [3.05, 3.63) is 0 Å². The maximum Gasteiger partial charge on any atom is -0.0297 e. The Morgan fingerprint density at radius 3 is 2.15 bits per heavy atom. The summed E-state index contributed by atoms with van der Waals surface area (Å²) in [4.78, 5) is 0. The highest BCUT2D eigenvalue weighted by Crippen LogP contribution is 2.54. The van der Waals surface area contributed by atoms with E-state index in [9.17, 15) is 0 Å². The van der Waals surface area contributed by atoms with Crippen molar-refractivity contribution in [2.75, 3.05) is 0 Å². The molecule has 0 aromatic heterocycles. The van der Waals surface area contributed by atoms with Gasteiger partial charge in [-0.2, -0.15) is 0 Å². The summed E-state index contributed by atoms with van der Waals surface area (Å²) < 4.78 is 0. The van der Waals surface area contributed by atoms with E-state index in [1.165, 1.54) is 19.3 Å². The molecular formula is C13H26. The molecule has 1 fully saturated rings. The van der Waals surface area contributed by atoms with Gasteiger partial charge >= 0.3 is 0 Å². The van der Waals surface area contributed by atoms with E-state index in [4.69, 9.17) is 0 Å². The molecule has 0 saturated heterocycles. The number of rotatable bonds is 1. The highest BCUT2D eigenvalue weighted by atomic mass is 14.5. The minimum Gasteiger partial charge on any atom is -0.0649 e. The molecule has 0 aliphatic heterocycles. The lowest BCUT2D eigenvalue weighted by Crippen LogP contribution is -2.44. The summed E-state index contributed by atoms with van der Waals surface area (Å²) in [6.45, 7) is 14.6. The van der Waals surface area contributed by atoms with Gasteiger partial charge in [0.15, 0.2) is 0 Å². The van der Waals surface area contributed by atoms with Gasteiger partial charge in [-0.1, -0.05) is 48.0 Å². The minimum atomic E-state index is 0.531. The van der Waals surface area contributed by atoms with Crippen LogP contribution >= 0.6 is 0 Å². The van der Waals surface area contributed by atoms with Crippen molar-refractivity contribution in [2.24, 2.45) is 22.7 Å². The molecular weight excluding hydrogens is 156 g/mol. The molecule has 13 heavy (non-hydrogen) atoms. The fraction of sp³-hybridized carbons (Fsp3) is 1.00. The molecule has 0 radical (unpaired) electrons. The van der Waals surface area contributed by atoms with Crippen LogP contribution in [0.1, 0.15) is 60.8 Å². The Bertz CT molecular complexity index is 176. The van der Waals surface area contributed by atoms with Gasteiger partial charge in [-0.05, 0) is 35.5 Å². The van der Waals surface area contributed by atoms with E-state index in [-0.39, 0.29) is 0 Å². The predicted molar refractivity (Wildman–Crippen MR) is 59.7 cm³/mol. The van der Waals surface area contributed by atoms with Crippen molar-refractivity contribution in [3.8, 4) is 0 Å². The van der Waals surface area contributed by atoms with Crippen LogP contribution in [0, 0.1) is 22.7 Å². The molecule has 0 N–H and O–H groups in total. The summed E-state index contributed by atoms with van der Waals surface area (Å²) in [7, 11) is 0. The van der Waals surface area contributed by atoms with Crippen molar-refractivity contribution in [3.63, 3.8) is 0 Å². The fourth-order valence-electron chi connectivity index (χ4n) is 2.94. The van der Waals surface area contributed by atoms with Gasteiger partial charge in [0.25, 0.3) is 0 Å². The molecule has 3 atom stereocenters. The maximum absolute atomic E-state index is 2.48. The van der Waals surface area contributed by atoms with Crippen molar-refractivity contribution in [2.45, 2.75) is 60.8 Å². The molecule has 1 saturated carbocycles. The SMILES string of the molecule is CCC1(C)CCC(C)C(C)(C)C1C. The van der Waals surface area contributed by atoms with E-state index in [2.05, 4.69) is 41.5 Å². The second kappa shape index (κ2) is 3.29. The Hall–Kier alpha value is 0. The monoisotopic (exact) mass is 182 g/mol. The van der Waals surface area contributed by atoms with Crippen molar-refractivity contribution < 1.29 is 0 Å². The Morgan fingerprint density at radius 2 is 1.69 bits per heavy atom. The Kier molecular flexibility index (Phi) is 2.81. The Morgan fingerprint density at radius 1 is 1.15 bits per heavy atom. The summed E-state index contributed by atoms with van der Waals surface area (Å²) in [5.74, 6) is 1.75. The van der Waals surface area contributed by atoms with Gasteiger partial charge in [0, 0.05) is 0 Å². The van der Waals surface area contributed by atoms with Crippen LogP contribution in [-0.4, -0.2) is 0 Å². The zero-order chi connectivity index (χ0) is 10.3. The standard InChI is InChI=1S/C13H26/c1-7-13(6)9-8-10(2)12(4,5)11(13)3/h10-11H,7-9H2,1-6H3. The molecule has 0 aromatic carbocycles. The third-order valence-electron chi connectivity index (χ3n) is 5.39. The van der Waals surface area contributed by atoms with E-state index in [1.54, 1.807) is 0 Å². The Labute approximate surface area is 84.1 Å². The fourth-order valence-corrected chi connectivity index (χ4v) is 2.94. The van der Waals surface area contributed by atoms with Gasteiger partial charge in [-0.3, -0.25) is 0 Å². The van der Waals surface area contributed by atoms with Crippen LogP contribution in [0.5, 0.6) is 0 Å². The molecule has 1 aliphatic rings. The molecule has 0 nitrogen and oxygen atoms in total. The van der Waals surface area contributed by atoms with Gasteiger partial charge in [-0.25, -0.2) is 0 Å². The zero-order valence-electron chi connectivity index (χ0n) is 10.3. The van der Waals surface area contributed by atoms with Gasteiger partial charge in [-0.15, -0.1) is 0 Å². The van der Waals surface area contributed by atoms with Gasteiger partial charge in [0.2, 0.25) is 0 Å². The van der Waals surface area contributed by atoms with Crippen molar-refractivity contribution in [1.82, 2.24) is 0 Å². The number of hydrogen-bond donors (Lipinski definition) is 0. The number of hydrogen-bond acceptors (Lipinski definition) is 0. The van der Waals surface area contributed by atoms with Crippen LogP contribution in [0.4, 0.5) is 0 Å². The summed E-state index contributed by atoms with van der Waals surface area (Å²) in [5.41, 5.74) is 1.12. The molecule has 3 unspecified atom stereocenters. The molecule has 1 rings (SSSR count). The minimum absolute atomic E-state index is 0.531. The van der Waals surface area contributed by atoms with Crippen molar-refractivity contribution >= 4 is 0 Å². The lowest BCUT2D eigenvalue weighted by Gasteiger charge is -2.52. The highest BCUT2D eigenvalue weighted by molar-refractivity contribution is 4.95. The van der Waals surface area contributed by atoms with Crippen LogP contribution in [-0.2, 0) is 0 Å². The lowest BCUT2D eigenvalue weighted by atomic mass is 9.53. The van der Waals surface area contributed by atoms with Gasteiger partial charge in [0.1, 0.15) is 0 Å². The largest absolute Gasteiger partial charge is 0.0649 e. The average molecular weight is 182 g/mol. The van der Waals surface area contributed by atoms with Crippen LogP contribution in [0.3, 0.4) is 0 Å². The highest BCUT2D eigenvalue weighted by Gasteiger charge is 2.45. The predicted octanol–water partition coefficient (Wildman–Crippen LogP) is 4.49. The first-order valence-electron chi connectivity index (χ1n) is 5.84. The summed E-state index contributed by atoms with van der Waals surface area (Å²) in [6.07, 6.45) is 4.18. The first-order valence-corrected chi connectivity index (χ1v) is 5.84. The molecule has 0 aromatic rings. The smallest absolute Gasteiger partial charge is 0.0297 e. The van der Waals surface area contributed by atoms with E-state index in [1.807, 2.05) is 0 Å². The van der Waals surface area contributed by atoms with E-state index in [0.717, 1.165) is 11.8 Å². The van der Waals surface area contributed by atoms with Crippen LogP contribution in [0.2, 0.25) is 0 Å². The van der Waals surface area contributed by atoms with Gasteiger partial charge < -0.3 is 0 Å². The molecule has 0 heterocycles.